The summed E-state index contributed by atoms with van der Waals surface area (Å²) in [4.78, 5) is 4.17. The minimum atomic E-state index is 0.625. The van der Waals surface area contributed by atoms with Crippen LogP contribution in [0.5, 0.6) is 0 Å². The molecule has 0 radical (unpaired) electrons. The molecular formula is C13H21BrN2. The van der Waals surface area contributed by atoms with E-state index in [2.05, 4.69) is 46.1 Å². The summed E-state index contributed by atoms with van der Waals surface area (Å²) in [7, 11) is 0. The van der Waals surface area contributed by atoms with Crippen LogP contribution in [0.1, 0.15) is 38.7 Å². The Balaban J connectivity index is 2.20. The van der Waals surface area contributed by atoms with Crippen LogP contribution in [0.15, 0.2) is 22.9 Å². The van der Waals surface area contributed by atoms with Gasteiger partial charge in [0.25, 0.3) is 0 Å². The van der Waals surface area contributed by atoms with Gasteiger partial charge in [0.1, 0.15) is 0 Å². The molecule has 1 N–H and O–H groups in total. The van der Waals surface area contributed by atoms with Gasteiger partial charge in [-0.05, 0) is 66.7 Å². The van der Waals surface area contributed by atoms with Crippen molar-refractivity contribution in [2.45, 2.75) is 45.6 Å². The molecule has 0 aliphatic heterocycles. The van der Waals surface area contributed by atoms with E-state index in [1.165, 1.54) is 24.8 Å². The van der Waals surface area contributed by atoms with Gasteiger partial charge in [-0.1, -0.05) is 6.92 Å². The SMILES string of the molecule is CCCNC(C)CCCc1cncc(Br)c1. The maximum atomic E-state index is 4.17. The summed E-state index contributed by atoms with van der Waals surface area (Å²) < 4.78 is 1.07. The molecule has 0 spiro atoms. The summed E-state index contributed by atoms with van der Waals surface area (Å²) >= 11 is 3.44. The van der Waals surface area contributed by atoms with E-state index in [9.17, 15) is 0 Å². The highest BCUT2D eigenvalue weighted by Crippen LogP contribution is 2.12. The van der Waals surface area contributed by atoms with Gasteiger partial charge in [0.2, 0.25) is 0 Å². The van der Waals surface area contributed by atoms with Gasteiger partial charge in [0.05, 0.1) is 0 Å². The number of aromatic nitrogens is 1. The maximum absolute atomic E-state index is 4.17. The molecule has 0 fully saturated rings. The normalized spacial score (nSPS) is 12.7. The quantitative estimate of drug-likeness (QED) is 0.828. The van der Waals surface area contributed by atoms with E-state index in [1.807, 2.05) is 12.4 Å². The van der Waals surface area contributed by atoms with Crippen LogP contribution < -0.4 is 5.32 Å². The van der Waals surface area contributed by atoms with Crippen molar-refractivity contribution in [1.82, 2.24) is 10.3 Å². The number of hydrogen-bond acceptors (Lipinski definition) is 2. The molecule has 16 heavy (non-hydrogen) atoms. The molecular weight excluding hydrogens is 264 g/mol. The molecule has 1 rings (SSSR count). The Labute approximate surface area is 107 Å². The Hall–Kier alpha value is -0.410. The Kier molecular flexibility index (Phi) is 6.65. The topological polar surface area (TPSA) is 24.9 Å². The van der Waals surface area contributed by atoms with E-state index < -0.39 is 0 Å². The van der Waals surface area contributed by atoms with Crippen molar-refractivity contribution >= 4 is 15.9 Å². The number of rotatable bonds is 7. The molecule has 3 heteroatoms. The lowest BCUT2D eigenvalue weighted by Crippen LogP contribution is -2.26. The van der Waals surface area contributed by atoms with Crippen molar-refractivity contribution in [2.75, 3.05) is 6.54 Å². The average molecular weight is 285 g/mol. The van der Waals surface area contributed by atoms with Gasteiger partial charge in [-0.3, -0.25) is 4.98 Å². The molecule has 1 heterocycles. The second-order valence-electron chi connectivity index (χ2n) is 4.26. The number of nitrogens with one attached hydrogen (secondary N) is 1. The molecule has 90 valence electrons. The fourth-order valence-electron chi connectivity index (χ4n) is 1.70. The van der Waals surface area contributed by atoms with Gasteiger partial charge in [-0.15, -0.1) is 0 Å². The molecule has 0 amide bonds. The highest BCUT2D eigenvalue weighted by atomic mass is 79.9. The summed E-state index contributed by atoms with van der Waals surface area (Å²) in [5.74, 6) is 0. The van der Waals surface area contributed by atoms with Gasteiger partial charge in [0.15, 0.2) is 0 Å². The molecule has 0 saturated carbocycles. The largest absolute Gasteiger partial charge is 0.314 e. The van der Waals surface area contributed by atoms with Gasteiger partial charge >= 0.3 is 0 Å². The van der Waals surface area contributed by atoms with E-state index in [1.54, 1.807) is 0 Å². The number of hydrogen-bond donors (Lipinski definition) is 1. The third-order valence-electron chi connectivity index (χ3n) is 2.61. The molecule has 0 aromatic carbocycles. The van der Waals surface area contributed by atoms with Crippen LogP contribution in [0.4, 0.5) is 0 Å². The van der Waals surface area contributed by atoms with Crippen LogP contribution in [-0.2, 0) is 6.42 Å². The molecule has 0 saturated heterocycles. The third kappa shape index (κ3) is 5.61. The lowest BCUT2D eigenvalue weighted by atomic mass is 10.1. The number of halogens is 1. The first kappa shape index (κ1) is 13.7. The minimum absolute atomic E-state index is 0.625. The summed E-state index contributed by atoms with van der Waals surface area (Å²) in [6.45, 7) is 5.58. The van der Waals surface area contributed by atoms with Crippen molar-refractivity contribution in [1.29, 1.82) is 0 Å². The van der Waals surface area contributed by atoms with Crippen molar-refractivity contribution < 1.29 is 0 Å². The summed E-state index contributed by atoms with van der Waals surface area (Å²) in [5, 5.41) is 3.51. The fraction of sp³-hybridized carbons (Fsp3) is 0.615. The average Bonchev–Trinajstić information content (AvgIpc) is 2.26. The first-order valence-electron chi connectivity index (χ1n) is 6.05. The highest BCUT2D eigenvalue weighted by Gasteiger charge is 2.01. The Morgan fingerprint density at radius 1 is 1.44 bits per heavy atom. The zero-order valence-electron chi connectivity index (χ0n) is 10.2. The molecule has 1 aromatic heterocycles. The van der Waals surface area contributed by atoms with Crippen molar-refractivity contribution in [3.05, 3.63) is 28.5 Å². The van der Waals surface area contributed by atoms with E-state index in [0.29, 0.717) is 6.04 Å². The zero-order valence-corrected chi connectivity index (χ0v) is 11.8. The van der Waals surface area contributed by atoms with E-state index >= 15 is 0 Å². The van der Waals surface area contributed by atoms with Crippen LogP contribution in [0.2, 0.25) is 0 Å². The van der Waals surface area contributed by atoms with Gasteiger partial charge in [0, 0.05) is 22.9 Å². The molecule has 0 bridgehead atoms. The number of nitrogens with zero attached hydrogens (tertiary/aromatic N) is 1. The Morgan fingerprint density at radius 3 is 2.94 bits per heavy atom. The fourth-order valence-corrected chi connectivity index (χ4v) is 2.11. The van der Waals surface area contributed by atoms with Crippen LogP contribution in [0.3, 0.4) is 0 Å². The van der Waals surface area contributed by atoms with E-state index in [-0.39, 0.29) is 0 Å². The summed E-state index contributed by atoms with van der Waals surface area (Å²) in [6, 6.07) is 2.77. The highest BCUT2D eigenvalue weighted by molar-refractivity contribution is 9.10. The number of aryl methyl sites for hydroxylation is 1. The lowest BCUT2D eigenvalue weighted by molar-refractivity contribution is 0.498. The minimum Gasteiger partial charge on any atom is -0.314 e. The third-order valence-corrected chi connectivity index (χ3v) is 3.04. The molecule has 2 nitrogen and oxygen atoms in total. The first-order chi connectivity index (χ1) is 7.72. The molecule has 1 atom stereocenters. The van der Waals surface area contributed by atoms with Crippen molar-refractivity contribution in [3.8, 4) is 0 Å². The van der Waals surface area contributed by atoms with Crippen LogP contribution >= 0.6 is 15.9 Å². The van der Waals surface area contributed by atoms with Crippen molar-refractivity contribution in [3.63, 3.8) is 0 Å². The summed E-state index contributed by atoms with van der Waals surface area (Å²) in [5.41, 5.74) is 1.32. The van der Waals surface area contributed by atoms with Crippen LogP contribution in [0, 0.1) is 0 Å². The smallest absolute Gasteiger partial charge is 0.0410 e. The predicted molar refractivity (Wildman–Crippen MR) is 72.6 cm³/mol. The van der Waals surface area contributed by atoms with E-state index in [0.717, 1.165) is 17.4 Å². The standard InChI is InChI=1S/C13H21BrN2/c1-3-7-16-11(2)5-4-6-12-8-13(14)10-15-9-12/h8-11,16H,3-7H2,1-2H3. The second kappa shape index (κ2) is 7.80. The molecule has 0 aliphatic rings. The Morgan fingerprint density at radius 2 is 2.25 bits per heavy atom. The van der Waals surface area contributed by atoms with Gasteiger partial charge in [-0.2, -0.15) is 0 Å². The molecule has 1 aromatic rings. The second-order valence-corrected chi connectivity index (χ2v) is 5.17. The lowest BCUT2D eigenvalue weighted by Gasteiger charge is -2.12. The predicted octanol–water partition coefficient (Wildman–Crippen LogP) is 3.55. The van der Waals surface area contributed by atoms with E-state index in [4.69, 9.17) is 0 Å². The summed E-state index contributed by atoms with van der Waals surface area (Å²) in [6.07, 6.45) is 8.55. The Bertz CT molecular complexity index is 302. The van der Waals surface area contributed by atoms with Crippen molar-refractivity contribution in [2.24, 2.45) is 0 Å². The molecule has 1 unspecified atom stereocenters. The number of pyridine rings is 1. The van der Waals surface area contributed by atoms with Gasteiger partial charge in [-0.25, -0.2) is 0 Å². The zero-order chi connectivity index (χ0) is 11.8. The van der Waals surface area contributed by atoms with Gasteiger partial charge < -0.3 is 5.32 Å². The first-order valence-corrected chi connectivity index (χ1v) is 6.84. The van der Waals surface area contributed by atoms with Crippen LogP contribution in [0.25, 0.3) is 0 Å². The van der Waals surface area contributed by atoms with Crippen LogP contribution in [-0.4, -0.2) is 17.6 Å². The molecule has 0 aliphatic carbocycles. The monoisotopic (exact) mass is 284 g/mol. The maximum Gasteiger partial charge on any atom is 0.0410 e.